The summed E-state index contributed by atoms with van der Waals surface area (Å²) in [7, 11) is 0. The van der Waals surface area contributed by atoms with Gasteiger partial charge in [0.25, 0.3) is 5.89 Å². The number of hydrogen-bond acceptors (Lipinski definition) is 5. The van der Waals surface area contributed by atoms with Gasteiger partial charge in [-0.05, 0) is 49.4 Å². The summed E-state index contributed by atoms with van der Waals surface area (Å²) < 4.78 is 33.2. The Hall–Kier alpha value is -3.88. The summed E-state index contributed by atoms with van der Waals surface area (Å²) in [6, 6.07) is 11.3. The second kappa shape index (κ2) is 7.63. The van der Waals surface area contributed by atoms with Gasteiger partial charge < -0.3 is 14.4 Å². The Balaban J connectivity index is 1.49. The average Bonchev–Trinajstić information content (AvgIpc) is 3.31. The second-order valence-electron chi connectivity index (χ2n) is 6.29. The van der Waals surface area contributed by atoms with Crippen molar-refractivity contribution in [1.82, 2.24) is 19.7 Å². The number of amides is 1. The highest BCUT2D eigenvalue weighted by atomic mass is 19.1. The van der Waals surface area contributed by atoms with Gasteiger partial charge in [-0.3, -0.25) is 4.79 Å². The zero-order valence-electron chi connectivity index (χ0n) is 15.3. The minimum atomic E-state index is -0.408. The van der Waals surface area contributed by atoms with Gasteiger partial charge in [-0.2, -0.15) is 4.98 Å². The van der Waals surface area contributed by atoms with Crippen molar-refractivity contribution < 1.29 is 18.1 Å². The molecule has 1 N–H and O–H groups in total. The first-order valence-electron chi connectivity index (χ1n) is 8.67. The van der Waals surface area contributed by atoms with Crippen LogP contribution in [0.1, 0.15) is 5.82 Å². The number of nitrogens with one attached hydrogen (secondary N) is 1. The smallest absolute Gasteiger partial charge is 0.258 e. The van der Waals surface area contributed by atoms with Gasteiger partial charge in [-0.1, -0.05) is 11.2 Å². The Morgan fingerprint density at radius 3 is 2.66 bits per heavy atom. The number of rotatable bonds is 5. The number of halogens is 2. The Kier molecular flexibility index (Phi) is 4.86. The molecule has 0 bridgehead atoms. The van der Waals surface area contributed by atoms with E-state index in [1.54, 1.807) is 29.8 Å². The van der Waals surface area contributed by atoms with Crippen molar-refractivity contribution in [2.75, 3.05) is 5.32 Å². The summed E-state index contributed by atoms with van der Waals surface area (Å²) in [6.45, 7) is 1.74. The highest BCUT2D eigenvalue weighted by Crippen LogP contribution is 2.22. The SMILES string of the molecule is Cc1nc(-c2noc(-c3cccc(F)c3)n2)cn1CC(=O)Nc1ccc(F)cc1. The van der Waals surface area contributed by atoms with Gasteiger partial charge in [0.2, 0.25) is 11.7 Å². The molecule has 1 amide bonds. The Bertz CT molecular complexity index is 1170. The van der Waals surface area contributed by atoms with Gasteiger partial charge in [0.15, 0.2) is 0 Å². The van der Waals surface area contributed by atoms with Crippen LogP contribution in [0, 0.1) is 18.6 Å². The van der Waals surface area contributed by atoms with Gasteiger partial charge >= 0.3 is 0 Å². The fourth-order valence-electron chi connectivity index (χ4n) is 2.73. The van der Waals surface area contributed by atoms with E-state index in [2.05, 4.69) is 20.4 Å². The zero-order valence-corrected chi connectivity index (χ0v) is 15.3. The molecule has 0 aliphatic rings. The second-order valence-corrected chi connectivity index (χ2v) is 6.29. The number of imidazole rings is 1. The van der Waals surface area contributed by atoms with E-state index in [4.69, 9.17) is 4.52 Å². The maximum absolute atomic E-state index is 13.4. The standard InChI is InChI=1S/C20H15F2N5O2/c1-12-23-17(19-25-20(29-26-19)13-3-2-4-15(22)9-13)10-27(12)11-18(28)24-16-7-5-14(21)6-8-16/h2-10H,11H2,1H3,(H,24,28). The number of anilines is 1. The molecule has 0 spiro atoms. The van der Waals surface area contributed by atoms with Crippen LogP contribution in [0.5, 0.6) is 0 Å². The van der Waals surface area contributed by atoms with Crippen LogP contribution in [-0.4, -0.2) is 25.6 Å². The Morgan fingerprint density at radius 1 is 1.10 bits per heavy atom. The lowest BCUT2D eigenvalue weighted by Crippen LogP contribution is -2.19. The molecule has 2 aromatic heterocycles. The summed E-state index contributed by atoms with van der Waals surface area (Å²) in [4.78, 5) is 20.8. The molecule has 4 aromatic rings. The lowest BCUT2D eigenvalue weighted by Gasteiger charge is -2.06. The third-order valence-electron chi connectivity index (χ3n) is 4.14. The van der Waals surface area contributed by atoms with Gasteiger partial charge in [-0.25, -0.2) is 13.8 Å². The summed E-state index contributed by atoms with van der Waals surface area (Å²) in [5.41, 5.74) is 1.37. The van der Waals surface area contributed by atoms with Gasteiger partial charge in [-0.15, -0.1) is 0 Å². The highest BCUT2D eigenvalue weighted by molar-refractivity contribution is 5.90. The van der Waals surface area contributed by atoms with Crippen LogP contribution in [-0.2, 0) is 11.3 Å². The number of aromatic nitrogens is 4. The van der Waals surface area contributed by atoms with E-state index in [0.29, 0.717) is 22.8 Å². The van der Waals surface area contributed by atoms with E-state index in [1.165, 1.54) is 36.4 Å². The van der Waals surface area contributed by atoms with Crippen LogP contribution in [0.4, 0.5) is 14.5 Å². The predicted molar refractivity (Wildman–Crippen MR) is 101 cm³/mol. The van der Waals surface area contributed by atoms with Crippen LogP contribution in [0.15, 0.2) is 59.3 Å². The highest BCUT2D eigenvalue weighted by Gasteiger charge is 2.16. The molecule has 0 fully saturated rings. The van der Waals surface area contributed by atoms with Crippen LogP contribution < -0.4 is 5.32 Å². The molecule has 0 radical (unpaired) electrons. The quantitative estimate of drug-likeness (QED) is 0.555. The third-order valence-corrected chi connectivity index (χ3v) is 4.14. The molecule has 0 aliphatic heterocycles. The average molecular weight is 395 g/mol. The van der Waals surface area contributed by atoms with Crippen molar-refractivity contribution >= 4 is 11.6 Å². The van der Waals surface area contributed by atoms with Crippen molar-refractivity contribution in [3.05, 3.63) is 72.2 Å². The summed E-state index contributed by atoms with van der Waals surface area (Å²) in [5.74, 6) is -0.111. The predicted octanol–water partition coefficient (Wildman–Crippen LogP) is 3.83. The molecule has 0 saturated carbocycles. The van der Waals surface area contributed by atoms with E-state index in [1.807, 2.05) is 0 Å². The normalized spacial score (nSPS) is 10.9. The molecule has 146 valence electrons. The van der Waals surface area contributed by atoms with Crippen LogP contribution in [0.25, 0.3) is 23.0 Å². The number of carbonyl (C=O) groups is 1. The first-order valence-corrected chi connectivity index (χ1v) is 8.67. The van der Waals surface area contributed by atoms with E-state index in [0.717, 1.165) is 0 Å². The van der Waals surface area contributed by atoms with E-state index in [-0.39, 0.29) is 30.0 Å². The molecular weight excluding hydrogens is 380 g/mol. The summed E-state index contributed by atoms with van der Waals surface area (Å²) in [5, 5.41) is 6.57. The van der Waals surface area contributed by atoms with Gasteiger partial charge in [0.05, 0.1) is 0 Å². The minimum Gasteiger partial charge on any atom is -0.334 e. The van der Waals surface area contributed by atoms with Crippen LogP contribution >= 0.6 is 0 Å². The molecular formula is C20H15F2N5O2. The first kappa shape index (κ1) is 18.5. The van der Waals surface area contributed by atoms with E-state index >= 15 is 0 Å². The Morgan fingerprint density at radius 2 is 1.90 bits per heavy atom. The van der Waals surface area contributed by atoms with Gasteiger partial charge in [0.1, 0.15) is 29.7 Å². The van der Waals surface area contributed by atoms with Crippen LogP contribution in [0.3, 0.4) is 0 Å². The molecule has 4 rings (SSSR count). The summed E-state index contributed by atoms with van der Waals surface area (Å²) in [6.07, 6.45) is 1.62. The topological polar surface area (TPSA) is 85.8 Å². The largest absolute Gasteiger partial charge is 0.334 e. The molecule has 0 saturated heterocycles. The number of aryl methyl sites for hydroxylation is 1. The maximum atomic E-state index is 13.4. The maximum Gasteiger partial charge on any atom is 0.258 e. The van der Waals surface area contributed by atoms with Crippen molar-refractivity contribution in [3.63, 3.8) is 0 Å². The van der Waals surface area contributed by atoms with E-state index in [9.17, 15) is 13.6 Å². The molecule has 9 heteroatoms. The lowest BCUT2D eigenvalue weighted by molar-refractivity contribution is -0.116. The molecule has 7 nitrogen and oxygen atoms in total. The third kappa shape index (κ3) is 4.18. The fourth-order valence-corrected chi connectivity index (χ4v) is 2.73. The Labute approximate surface area is 164 Å². The van der Waals surface area contributed by atoms with Crippen molar-refractivity contribution in [1.29, 1.82) is 0 Å². The monoisotopic (exact) mass is 395 g/mol. The fraction of sp³-hybridized carbons (Fsp3) is 0.100. The number of carbonyl (C=O) groups excluding carboxylic acids is 1. The van der Waals surface area contributed by atoms with Crippen molar-refractivity contribution in [3.8, 4) is 23.0 Å². The van der Waals surface area contributed by atoms with Crippen LogP contribution in [0.2, 0.25) is 0 Å². The minimum absolute atomic E-state index is 0.00478. The summed E-state index contributed by atoms with van der Waals surface area (Å²) >= 11 is 0. The number of nitrogens with zero attached hydrogens (tertiary/aromatic N) is 4. The molecule has 0 aliphatic carbocycles. The molecule has 0 unspecified atom stereocenters. The van der Waals surface area contributed by atoms with Gasteiger partial charge in [0, 0.05) is 17.4 Å². The number of hydrogen-bond donors (Lipinski definition) is 1. The van der Waals surface area contributed by atoms with Crippen molar-refractivity contribution in [2.24, 2.45) is 0 Å². The zero-order chi connectivity index (χ0) is 20.4. The lowest BCUT2D eigenvalue weighted by atomic mass is 10.2. The van der Waals surface area contributed by atoms with Crippen molar-refractivity contribution in [2.45, 2.75) is 13.5 Å². The first-order chi connectivity index (χ1) is 14.0. The number of benzene rings is 2. The van der Waals surface area contributed by atoms with E-state index < -0.39 is 5.82 Å². The molecule has 29 heavy (non-hydrogen) atoms. The molecule has 2 aromatic carbocycles. The molecule has 2 heterocycles. The molecule has 0 atom stereocenters.